The standard InChI is InChI=1S/C10H10ClN5O/c1-6-3-7(16(2)15-6)10(17)14-9-4-8(11)12-5-13-9/h3-5H,1-2H3,(H,12,13,14,17). The van der Waals surface area contributed by atoms with E-state index in [4.69, 9.17) is 11.6 Å². The van der Waals surface area contributed by atoms with Crippen LogP contribution >= 0.6 is 11.6 Å². The number of aryl methyl sites for hydroxylation is 2. The number of hydrogen-bond acceptors (Lipinski definition) is 4. The first-order chi connectivity index (χ1) is 8.06. The fraction of sp³-hybridized carbons (Fsp3) is 0.200. The summed E-state index contributed by atoms with van der Waals surface area (Å²) in [5.41, 5.74) is 1.23. The number of nitrogens with one attached hydrogen (secondary N) is 1. The Morgan fingerprint density at radius 1 is 1.41 bits per heavy atom. The van der Waals surface area contributed by atoms with Gasteiger partial charge in [-0.3, -0.25) is 9.48 Å². The van der Waals surface area contributed by atoms with Crippen molar-refractivity contribution in [1.82, 2.24) is 19.7 Å². The zero-order valence-electron chi connectivity index (χ0n) is 9.31. The van der Waals surface area contributed by atoms with Gasteiger partial charge in [0.2, 0.25) is 0 Å². The SMILES string of the molecule is Cc1cc(C(=O)Nc2cc(Cl)ncn2)n(C)n1. The maximum atomic E-state index is 11.9. The lowest BCUT2D eigenvalue weighted by Crippen LogP contribution is -2.16. The number of hydrogen-bond donors (Lipinski definition) is 1. The average Bonchev–Trinajstić information content (AvgIpc) is 2.58. The predicted octanol–water partition coefficient (Wildman–Crippen LogP) is 1.42. The van der Waals surface area contributed by atoms with Crippen molar-refractivity contribution in [1.29, 1.82) is 0 Å². The number of amides is 1. The maximum Gasteiger partial charge on any atom is 0.275 e. The van der Waals surface area contributed by atoms with Gasteiger partial charge in [0.1, 0.15) is 23.0 Å². The molecular weight excluding hydrogens is 242 g/mol. The minimum atomic E-state index is -0.289. The number of aromatic nitrogens is 4. The van der Waals surface area contributed by atoms with E-state index < -0.39 is 0 Å². The van der Waals surface area contributed by atoms with Crippen LogP contribution in [0.15, 0.2) is 18.5 Å². The van der Waals surface area contributed by atoms with Gasteiger partial charge in [0.05, 0.1) is 5.69 Å². The molecule has 6 nitrogen and oxygen atoms in total. The number of anilines is 1. The first kappa shape index (κ1) is 11.5. The van der Waals surface area contributed by atoms with Gasteiger partial charge >= 0.3 is 0 Å². The van der Waals surface area contributed by atoms with Crippen LogP contribution < -0.4 is 5.32 Å². The molecule has 0 aliphatic rings. The molecule has 0 aromatic carbocycles. The number of carbonyl (C=O) groups is 1. The summed E-state index contributed by atoms with van der Waals surface area (Å²) in [7, 11) is 1.70. The lowest BCUT2D eigenvalue weighted by molar-refractivity contribution is 0.101. The molecule has 17 heavy (non-hydrogen) atoms. The van der Waals surface area contributed by atoms with Crippen molar-refractivity contribution >= 4 is 23.3 Å². The Balaban J connectivity index is 2.20. The van der Waals surface area contributed by atoms with Gasteiger partial charge in [0.25, 0.3) is 5.91 Å². The fourth-order valence-corrected chi connectivity index (χ4v) is 1.55. The highest BCUT2D eigenvalue weighted by atomic mass is 35.5. The molecule has 88 valence electrons. The Labute approximate surface area is 103 Å². The number of rotatable bonds is 2. The third-order valence-corrected chi connectivity index (χ3v) is 2.32. The molecule has 0 aliphatic heterocycles. The molecular formula is C10H10ClN5O. The highest BCUT2D eigenvalue weighted by Crippen LogP contribution is 2.10. The van der Waals surface area contributed by atoms with Gasteiger partial charge in [0.15, 0.2) is 0 Å². The van der Waals surface area contributed by atoms with Crippen LogP contribution in [0.1, 0.15) is 16.2 Å². The highest BCUT2D eigenvalue weighted by molar-refractivity contribution is 6.29. The second-order valence-electron chi connectivity index (χ2n) is 3.47. The summed E-state index contributed by atoms with van der Waals surface area (Å²) in [6, 6.07) is 3.17. The van der Waals surface area contributed by atoms with Crippen molar-refractivity contribution in [3.63, 3.8) is 0 Å². The van der Waals surface area contributed by atoms with Crippen LogP contribution in [-0.2, 0) is 7.05 Å². The molecule has 2 heterocycles. The number of halogens is 1. The van der Waals surface area contributed by atoms with Gasteiger partial charge in [-0.25, -0.2) is 9.97 Å². The molecule has 2 rings (SSSR count). The van der Waals surface area contributed by atoms with Gasteiger partial charge in [-0.2, -0.15) is 5.10 Å². The van der Waals surface area contributed by atoms with Gasteiger partial charge < -0.3 is 5.32 Å². The van der Waals surface area contributed by atoms with E-state index >= 15 is 0 Å². The summed E-state index contributed by atoms with van der Waals surface area (Å²) >= 11 is 5.69. The third kappa shape index (κ3) is 2.59. The zero-order chi connectivity index (χ0) is 12.4. The Morgan fingerprint density at radius 2 is 2.18 bits per heavy atom. The largest absolute Gasteiger partial charge is 0.305 e. The third-order valence-electron chi connectivity index (χ3n) is 2.11. The van der Waals surface area contributed by atoms with Crippen molar-refractivity contribution in [3.8, 4) is 0 Å². The van der Waals surface area contributed by atoms with Gasteiger partial charge in [-0.15, -0.1) is 0 Å². The minimum absolute atomic E-state index is 0.275. The topological polar surface area (TPSA) is 72.7 Å². The van der Waals surface area contributed by atoms with E-state index in [0.29, 0.717) is 11.5 Å². The van der Waals surface area contributed by atoms with Crippen LogP contribution in [0, 0.1) is 6.92 Å². The average molecular weight is 252 g/mol. The molecule has 0 spiro atoms. The van der Waals surface area contributed by atoms with E-state index in [1.54, 1.807) is 13.1 Å². The summed E-state index contributed by atoms with van der Waals surface area (Å²) < 4.78 is 1.51. The molecule has 1 amide bonds. The Hall–Kier alpha value is -1.95. The van der Waals surface area contributed by atoms with E-state index in [1.807, 2.05) is 6.92 Å². The second kappa shape index (κ2) is 4.50. The Bertz CT molecular complexity index is 566. The molecule has 0 saturated carbocycles. The monoisotopic (exact) mass is 251 g/mol. The van der Waals surface area contributed by atoms with Crippen LogP contribution in [0.4, 0.5) is 5.82 Å². The summed E-state index contributed by atoms with van der Waals surface area (Å²) in [6.07, 6.45) is 1.28. The van der Waals surface area contributed by atoms with E-state index in [1.165, 1.54) is 17.1 Å². The van der Waals surface area contributed by atoms with Crippen LogP contribution in [0.2, 0.25) is 5.15 Å². The number of nitrogens with zero attached hydrogens (tertiary/aromatic N) is 4. The van der Waals surface area contributed by atoms with Gasteiger partial charge in [-0.05, 0) is 13.0 Å². The maximum absolute atomic E-state index is 11.9. The van der Waals surface area contributed by atoms with Gasteiger partial charge in [0, 0.05) is 13.1 Å². The van der Waals surface area contributed by atoms with Crippen molar-refractivity contribution < 1.29 is 4.79 Å². The molecule has 2 aromatic heterocycles. The van der Waals surface area contributed by atoms with Crippen molar-refractivity contribution in [2.24, 2.45) is 7.05 Å². The van der Waals surface area contributed by atoms with E-state index in [9.17, 15) is 4.79 Å². The second-order valence-corrected chi connectivity index (χ2v) is 3.86. The van der Waals surface area contributed by atoms with Crippen LogP contribution in [0.5, 0.6) is 0 Å². The van der Waals surface area contributed by atoms with E-state index in [-0.39, 0.29) is 11.1 Å². The van der Waals surface area contributed by atoms with E-state index in [0.717, 1.165) is 5.69 Å². The minimum Gasteiger partial charge on any atom is -0.305 e. The van der Waals surface area contributed by atoms with Crippen LogP contribution in [-0.4, -0.2) is 25.7 Å². The first-order valence-corrected chi connectivity index (χ1v) is 5.23. The molecule has 7 heteroatoms. The van der Waals surface area contributed by atoms with E-state index in [2.05, 4.69) is 20.4 Å². The quantitative estimate of drug-likeness (QED) is 0.820. The van der Waals surface area contributed by atoms with Crippen LogP contribution in [0.25, 0.3) is 0 Å². The van der Waals surface area contributed by atoms with Crippen LogP contribution in [0.3, 0.4) is 0 Å². The summed E-state index contributed by atoms with van der Waals surface area (Å²) in [4.78, 5) is 19.5. The summed E-state index contributed by atoms with van der Waals surface area (Å²) in [5, 5.41) is 6.98. The molecule has 0 aliphatic carbocycles. The highest BCUT2D eigenvalue weighted by Gasteiger charge is 2.12. The van der Waals surface area contributed by atoms with Gasteiger partial charge in [-0.1, -0.05) is 11.6 Å². The van der Waals surface area contributed by atoms with Crippen molar-refractivity contribution in [2.75, 3.05) is 5.32 Å². The van der Waals surface area contributed by atoms with Crippen molar-refractivity contribution in [3.05, 3.63) is 35.0 Å². The Morgan fingerprint density at radius 3 is 2.76 bits per heavy atom. The fourth-order valence-electron chi connectivity index (χ4n) is 1.41. The molecule has 1 N–H and O–H groups in total. The smallest absolute Gasteiger partial charge is 0.275 e. The van der Waals surface area contributed by atoms with Crippen molar-refractivity contribution in [2.45, 2.75) is 6.92 Å². The lowest BCUT2D eigenvalue weighted by Gasteiger charge is -2.03. The Kier molecular flexibility index (Phi) is 3.06. The summed E-state index contributed by atoms with van der Waals surface area (Å²) in [6.45, 7) is 1.82. The number of carbonyl (C=O) groups excluding carboxylic acids is 1. The first-order valence-electron chi connectivity index (χ1n) is 4.86. The molecule has 0 atom stereocenters. The normalized spacial score (nSPS) is 10.3. The summed E-state index contributed by atoms with van der Waals surface area (Å²) in [5.74, 6) is 0.0664. The lowest BCUT2D eigenvalue weighted by atomic mass is 10.3. The zero-order valence-corrected chi connectivity index (χ0v) is 10.1. The molecule has 0 fully saturated rings. The molecule has 0 unspecified atom stereocenters. The molecule has 0 bridgehead atoms. The predicted molar refractivity (Wildman–Crippen MR) is 62.9 cm³/mol. The molecule has 0 radical (unpaired) electrons. The molecule has 0 saturated heterocycles. The molecule has 2 aromatic rings.